The number of hydrogen-bond acceptors (Lipinski definition) is 3. The number of carbonyl (C=O) groups excluding carboxylic acids is 1. The summed E-state index contributed by atoms with van der Waals surface area (Å²) in [4.78, 5) is 25.9. The molecule has 0 spiro atoms. The van der Waals surface area contributed by atoms with E-state index in [1.54, 1.807) is 0 Å². The van der Waals surface area contributed by atoms with E-state index in [9.17, 15) is 14.7 Å². The van der Waals surface area contributed by atoms with E-state index < -0.39 is 5.97 Å². The van der Waals surface area contributed by atoms with Crippen LogP contribution in [0.2, 0.25) is 0 Å². The molecular weight excluding hydrogens is 306 g/mol. The van der Waals surface area contributed by atoms with E-state index in [4.69, 9.17) is 4.42 Å². The van der Waals surface area contributed by atoms with Gasteiger partial charge in [-0.05, 0) is 24.8 Å². The molecule has 1 aromatic carbocycles. The van der Waals surface area contributed by atoms with Gasteiger partial charge in [-0.3, -0.25) is 4.79 Å². The van der Waals surface area contributed by atoms with Gasteiger partial charge >= 0.3 is 5.97 Å². The first-order chi connectivity index (χ1) is 11.6. The van der Waals surface area contributed by atoms with Gasteiger partial charge in [-0.1, -0.05) is 37.3 Å². The molecule has 1 aliphatic heterocycles. The van der Waals surface area contributed by atoms with Crippen molar-refractivity contribution in [3.05, 3.63) is 59.0 Å². The van der Waals surface area contributed by atoms with E-state index >= 15 is 0 Å². The predicted molar refractivity (Wildman–Crippen MR) is 89.2 cm³/mol. The Balaban J connectivity index is 1.79. The molecule has 2 heterocycles. The van der Waals surface area contributed by atoms with E-state index in [2.05, 4.69) is 12.1 Å². The van der Waals surface area contributed by atoms with Gasteiger partial charge in [0, 0.05) is 25.1 Å². The second-order valence-electron chi connectivity index (χ2n) is 6.09. The fourth-order valence-electron chi connectivity index (χ4n) is 3.32. The van der Waals surface area contributed by atoms with Crippen molar-refractivity contribution in [1.82, 2.24) is 4.90 Å². The highest BCUT2D eigenvalue weighted by Crippen LogP contribution is 2.25. The van der Waals surface area contributed by atoms with Crippen molar-refractivity contribution in [2.45, 2.75) is 38.6 Å². The Kier molecular flexibility index (Phi) is 4.69. The van der Waals surface area contributed by atoms with Crippen LogP contribution in [-0.2, 0) is 12.8 Å². The van der Waals surface area contributed by atoms with Gasteiger partial charge in [-0.25, -0.2) is 4.79 Å². The largest absolute Gasteiger partial charge is 0.478 e. The SMILES string of the molecule is CCc1oc(C(=O)N2CCCC2Cc2ccccc2)cc1C(=O)O. The number of carbonyl (C=O) groups is 2. The van der Waals surface area contributed by atoms with Gasteiger partial charge in [0.1, 0.15) is 11.3 Å². The van der Waals surface area contributed by atoms with Crippen LogP contribution in [0.3, 0.4) is 0 Å². The molecule has 5 heteroatoms. The van der Waals surface area contributed by atoms with Gasteiger partial charge < -0.3 is 14.4 Å². The summed E-state index contributed by atoms with van der Waals surface area (Å²) in [6, 6.07) is 11.6. The van der Waals surface area contributed by atoms with Crippen LogP contribution in [0.15, 0.2) is 40.8 Å². The van der Waals surface area contributed by atoms with E-state index in [0.717, 1.165) is 19.3 Å². The fraction of sp³-hybridized carbons (Fsp3) is 0.368. The van der Waals surface area contributed by atoms with E-state index in [-0.39, 0.29) is 23.3 Å². The minimum atomic E-state index is -1.06. The highest BCUT2D eigenvalue weighted by Gasteiger charge is 2.32. The maximum atomic E-state index is 12.8. The first-order valence-corrected chi connectivity index (χ1v) is 8.31. The van der Waals surface area contributed by atoms with Crippen LogP contribution in [0.1, 0.15) is 52.0 Å². The molecular formula is C19H21NO4. The number of likely N-dealkylation sites (tertiary alicyclic amines) is 1. The molecule has 2 aromatic rings. The Morgan fingerprint density at radius 3 is 2.67 bits per heavy atom. The lowest BCUT2D eigenvalue weighted by atomic mass is 10.0. The number of carboxylic acid groups (broad SMARTS) is 1. The lowest BCUT2D eigenvalue weighted by Crippen LogP contribution is -2.36. The number of amides is 1. The van der Waals surface area contributed by atoms with Crippen molar-refractivity contribution in [1.29, 1.82) is 0 Å². The molecule has 24 heavy (non-hydrogen) atoms. The van der Waals surface area contributed by atoms with Crippen LogP contribution in [0, 0.1) is 0 Å². The van der Waals surface area contributed by atoms with Crippen LogP contribution in [0.25, 0.3) is 0 Å². The molecule has 0 aliphatic carbocycles. The maximum absolute atomic E-state index is 12.8. The Bertz CT molecular complexity index is 735. The third-order valence-electron chi connectivity index (χ3n) is 4.52. The summed E-state index contributed by atoms with van der Waals surface area (Å²) in [6.45, 7) is 2.49. The summed E-state index contributed by atoms with van der Waals surface area (Å²) < 4.78 is 5.53. The molecule has 1 N–H and O–H groups in total. The summed E-state index contributed by atoms with van der Waals surface area (Å²) in [7, 11) is 0. The average Bonchev–Trinajstić information content (AvgIpc) is 3.21. The second-order valence-corrected chi connectivity index (χ2v) is 6.09. The van der Waals surface area contributed by atoms with Gasteiger partial charge in [0.25, 0.3) is 5.91 Å². The fourth-order valence-corrected chi connectivity index (χ4v) is 3.32. The second kappa shape index (κ2) is 6.91. The molecule has 1 amide bonds. The molecule has 1 saturated heterocycles. The average molecular weight is 327 g/mol. The number of rotatable bonds is 5. The van der Waals surface area contributed by atoms with Crippen molar-refractivity contribution in [2.24, 2.45) is 0 Å². The van der Waals surface area contributed by atoms with Crippen LogP contribution >= 0.6 is 0 Å². The Morgan fingerprint density at radius 2 is 2.04 bits per heavy atom. The van der Waals surface area contributed by atoms with E-state index in [0.29, 0.717) is 18.7 Å². The molecule has 0 bridgehead atoms. The highest BCUT2D eigenvalue weighted by atomic mass is 16.4. The maximum Gasteiger partial charge on any atom is 0.339 e. The zero-order chi connectivity index (χ0) is 17.1. The van der Waals surface area contributed by atoms with Crippen LogP contribution in [0.5, 0.6) is 0 Å². The number of aryl methyl sites for hydroxylation is 1. The highest BCUT2D eigenvalue weighted by molar-refractivity contribution is 5.96. The number of carboxylic acids is 1. The Morgan fingerprint density at radius 1 is 1.29 bits per heavy atom. The predicted octanol–water partition coefficient (Wildman–Crippen LogP) is 3.39. The van der Waals surface area contributed by atoms with Crippen LogP contribution in [-0.4, -0.2) is 34.5 Å². The van der Waals surface area contributed by atoms with Gasteiger partial charge in [0.15, 0.2) is 5.76 Å². The standard InChI is InChI=1S/C19H21NO4/c1-2-16-15(19(22)23)12-17(24-16)18(21)20-10-6-9-14(20)11-13-7-4-3-5-8-13/h3-5,7-8,12,14H,2,6,9-11H2,1H3,(H,22,23). The topological polar surface area (TPSA) is 70.8 Å². The number of aromatic carboxylic acids is 1. The van der Waals surface area contributed by atoms with Crippen molar-refractivity contribution in [2.75, 3.05) is 6.54 Å². The normalized spacial score (nSPS) is 17.2. The minimum Gasteiger partial charge on any atom is -0.478 e. The number of hydrogen-bond donors (Lipinski definition) is 1. The summed E-state index contributed by atoms with van der Waals surface area (Å²) in [5.74, 6) is -0.790. The van der Waals surface area contributed by atoms with Crippen molar-refractivity contribution < 1.29 is 19.1 Å². The zero-order valence-corrected chi connectivity index (χ0v) is 13.7. The van der Waals surface area contributed by atoms with Gasteiger partial charge in [0.2, 0.25) is 0 Å². The first kappa shape index (κ1) is 16.3. The Labute approximate surface area is 140 Å². The summed E-state index contributed by atoms with van der Waals surface area (Å²) in [5, 5.41) is 9.22. The van der Waals surface area contributed by atoms with Crippen LogP contribution < -0.4 is 0 Å². The molecule has 0 radical (unpaired) electrons. The minimum absolute atomic E-state index is 0.0830. The smallest absolute Gasteiger partial charge is 0.339 e. The molecule has 126 valence electrons. The quantitative estimate of drug-likeness (QED) is 0.914. The number of furan rings is 1. The molecule has 1 atom stereocenters. The Hall–Kier alpha value is -2.56. The third kappa shape index (κ3) is 3.20. The van der Waals surface area contributed by atoms with Gasteiger partial charge in [-0.15, -0.1) is 0 Å². The van der Waals surface area contributed by atoms with E-state index in [1.807, 2.05) is 30.0 Å². The van der Waals surface area contributed by atoms with Gasteiger partial charge in [-0.2, -0.15) is 0 Å². The molecule has 3 rings (SSSR count). The summed E-state index contributed by atoms with van der Waals surface area (Å²) in [5.41, 5.74) is 1.28. The van der Waals surface area contributed by atoms with Crippen molar-refractivity contribution in [3.63, 3.8) is 0 Å². The summed E-state index contributed by atoms with van der Waals surface area (Å²) in [6.07, 6.45) is 3.16. The molecule has 1 aromatic heterocycles. The number of benzene rings is 1. The molecule has 0 saturated carbocycles. The molecule has 1 aliphatic rings. The van der Waals surface area contributed by atoms with Crippen LogP contribution in [0.4, 0.5) is 0 Å². The zero-order valence-electron chi connectivity index (χ0n) is 13.7. The lowest BCUT2D eigenvalue weighted by molar-refractivity contribution is 0.0687. The molecule has 5 nitrogen and oxygen atoms in total. The van der Waals surface area contributed by atoms with Crippen molar-refractivity contribution >= 4 is 11.9 Å². The monoisotopic (exact) mass is 327 g/mol. The molecule has 1 unspecified atom stereocenters. The lowest BCUT2D eigenvalue weighted by Gasteiger charge is -2.24. The molecule has 1 fully saturated rings. The summed E-state index contributed by atoms with van der Waals surface area (Å²) >= 11 is 0. The van der Waals surface area contributed by atoms with E-state index in [1.165, 1.54) is 11.6 Å². The third-order valence-corrected chi connectivity index (χ3v) is 4.52. The van der Waals surface area contributed by atoms with Crippen molar-refractivity contribution in [3.8, 4) is 0 Å². The van der Waals surface area contributed by atoms with Gasteiger partial charge in [0.05, 0.1) is 0 Å². The number of nitrogens with zero attached hydrogens (tertiary/aromatic N) is 1. The first-order valence-electron chi connectivity index (χ1n) is 8.31.